The van der Waals surface area contributed by atoms with E-state index in [9.17, 15) is 10.2 Å². The number of rotatable bonds is 5. The fourth-order valence-electron chi connectivity index (χ4n) is 5.06. The number of halogens is 1. The van der Waals surface area contributed by atoms with Gasteiger partial charge in [-0.05, 0) is 32.8 Å². The SMILES string of the molecule is Cc1nc(N2CCC3(CC2)CO[C@@H](C)[C@H]3N)c(CO)nc1Sc1ccnc(N2CC(O)C2)c1Cl. The normalized spacial score (nSPS) is 24.6. The molecule has 3 aliphatic rings. The predicted octanol–water partition coefficient (Wildman–Crippen LogP) is 1.99. The number of aromatic nitrogens is 3. The van der Waals surface area contributed by atoms with Gasteiger partial charge in [0.2, 0.25) is 0 Å². The summed E-state index contributed by atoms with van der Waals surface area (Å²) >= 11 is 8.05. The van der Waals surface area contributed by atoms with E-state index in [1.54, 1.807) is 6.20 Å². The van der Waals surface area contributed by atoms with Crippen LogP contribution in [0.2, 0.25) is 5.02 Å². The van der Waals surface area contributed by atoms with Gasteiger partial charge in [-0.15, -0.1) is 0 Å². The van der Waals surface area contributed by atoms with E-state index in [0.717, 1.165) is 42.3 Å². The standard InChI is InChI=1S/C23H31ClN6O3S/c1-13-22(34-17-3-6-26-21(18(17)24)30-9-15(32)10-30)28-16(11-31)20(27-13)29-7-4-23(5-8-29)12-33-14(2)19(23)25/h3,6,14-15,19,31-32H,4-5,7-12,25H2,1-2H3/t14-,19+/m0/s1. The highest BCUT2D eigenvalue weighted by atomic mass is 35.5. The highest BCUT2D eigenvalue weighted by Gasteiger charge is 2.47. The monoisotopic (exact) mass is 506 g/mol. The van der Waals surface area contributed by atoms with Gasteiger partial charge in [-0.1, -0.05) is 23.4 Å². The molecule has 0 aliphatic carbocycles. The van der Waals surface area contributed by atoms with Crippen molar-refractivity contribution in [1.29, 1.82) is 0 Å². The maximum absolute atomic E-state index is 10.1. The van der Waals surface area contributed by atoms with Crippen LogP contribution in [-0.2, 0) is 11.3 Å². The lowest BCUT2D eigenvalue weighted by atomic mass is 9.73. The van der Waals surface area contributed by atoms with Gasteiger partial charge in [0.15, 0.2) is 5.82 Å². The molecule has 0 radical (unpaired) electrons. The number of hydrogen-bond acceptors (Lipinski definition) is 10. The summed E-state index contributed by atoms with van der Waals surface area (Å²) in [5, 5.41) is 20.9. The zero-order valence-corrected chi connectivity index (χ0v) is 21.0. The quantitative estimate of drug-likeness (QED) is 0.555. The fraction of sp³-hybridized carbons (Fsp3) is 0.609. The number of nitrogens with zero attached hydrogens (tertiary/aromatic N) is 5. The van der Waals surface area contributed by atoms with Crippen LogP contribution >= 0.6 is 23.4 Å². The summed E-state index contributed by atoms with van der Waals surface area (Å²) in [6.45, 7) is 7.14. The van der Waals surface area contributed by atoms with Gasteiger partial charge in [0.25, 0.3) is 0 Å². The highest BCUT2D eigenvalue weighted by Crippen LogP contribution is 2.43. The molecule has 2 aromatic heterocycles. The van der Waals surface area contributed by atoms with E-state index in [1.807, 2.05) is 24.8 Å². The van der Waals surface area contributed by atoms with Crippen molar-refractivity contribution in [1.82, 2.24) is 15.0 Å². The van der Waals surface area contributed by atoms with Crippen molar-refractivity contribution in [2.75, 3.05) is 42.6 Å². The third kappa shape index (κ3) is 4.25. The molecule has 3 saturated heterocycles. The van der Waals surface area contributed by atoms with E-state index in [0.29, 0.717) is 41.3 Å². The van der Waals surface area contributed by atoms with E-state index in [1.165, 1.54) is 11.8 Å². The van der Waals surface area contributed by atoms with Crippen molar-refractivity contribution in [2.45, 2.75) is 61.5 Å². The Balaban J connectivity index is 1.34. The molecule has 11 heteroatoms. The van der Waals surface area contributed by atoms with Crippen LogP contribution in [0.4, 0.5) is 11.6 Å². The predicted molar refractivity (Wildman–Crippen MR) is 132 cm³/mol. The third-order valence-electron chi connectivity index (χ3n) is 7.34. The number of pyridine rings is 1. The Morgan fingerprint density at radius 1 is 1.24 bits per heavy atom. The fourth-order valence-corrected chi connectivity index (χ4v) is 6.28. The van der Waals surface area contributed by atoms with Gasteiger partial charge in [-0.2, -0.15) is 0 Å². The number of aliphatic hydroxyl groups is 2. The van der Waals surface area contributed by atoms with Crippen LogP contribution in [-0.4, -0.2) is 76.2 Å². The molecule has 0 bridgehead atoms. The molecule has 4 N–H and O–H groups in total. The van der Waals surface area contributed by atoms with Crippen LogP contribution in [0.3, 0.4) is 0 Å². The molecule has 2 atom stereocenters. The van der Waals surface area contributed by atoms with E-state index in [-0.39, 0.29) is 30.3 Å². The summed E-state index contributed by atoms with van der Waals surface area (Å²) in [7, 11) is 0. The van der Waals surface area contributed by atoms with Crippen molar-refractivity contribution in [3.63, 3.8) is 0 Å². The van der Waals surface area contributed by atoms with Gasteiger partial charge < -0.3 is 30.5 Å². The van der Waals surface area contributed by atoms with Crippen LogP contribution in [0.1, 0.15) is 31.2 Å². The Morgan fingerprint density at radius 2 is 1.97 bits per heavy atom. The summed E-state index contributed by atoms with van der Waals surface area (Å²) in [6, 6.07) is 1.89. The summed E-state index contributed by atoms with van der Waals surface area (Å²) in [4.78, 5) is 19.0. The lowest BCUT2D eigenvalue weighted by Gasteiger charge is -2.42. The number of nitrogens with two attached hydrogens (primary N) is 1. The van der Waals surface area contributed by atoms with Crippen molar-refractivity contribution >= 4 is 35.0 Å². The first-order valence-corrected chi connectivity index (χ1v) is 12.9. The van der Waals surface area contributed by atoms with Crippen LogP contribution in [0.15, 0.2) is 22.2 Å². The zero-order chi connectivity index (χ0) is 24.0. The lowest BCUT2D eigenvalue weighted by molar-refractivity contribution is 0.0973. The second kappa shape index (κ2) is 9.40. The summed E-state index contributed by atoms with van der Waals surface area (Å²) in [5.74, 6) is 1.39. The molecule has 1 spiro atoms. The van der Waals surface area contributed by atoms with Crippen LogP contribution in [0.5, 0.6) is 0 Å². The molecule has 184 valence electrons. The van der Waals surface area contributed by atoms with E-state index >= 15 is 0 Å². The maximum atomic E-state index is 10.1. The largest absolute Gasteiger partial charge is 0.390 e. The molecule has 0 saturated carbocycles. The van der Waals surface area contributed by atoms with Gasteiger partial charge in [0.05, 0.1) is 36.1 Å². The van der Waals surface area contributed by atoms with Gasteiger partial charge in [0.1, 0.15) is 16.5 Å². The second-order valence-electron chi connectivity index (χ2n) is 9.54. The smallest absolute Gasteiger partial charge is 0.153 e. The molecule has 0 unspecified atom stereocenters. The van der Waals surface area contributed by atoms with Gasteiger partial charge in [0, 0.05) is 48.7 Å². The van der Waals surface area contributed by atoms with Crippen LogP contribution < -0.4 is 15.5 Å². The molecule has 34 heavy (non-hydrogen) atoms. The Labute approximate surface area is 208 Å². The summed E-state index contributed by atoms with van der Waals surface area (Å²) in [6.07, 6.45) is 3.32. The number of β-amino-alcohol motifs (C(OH)–C–C–N with tert-alkyl or cyclic N) is 1. The zero-order valence-electron chi connectivity index (χ0n) is 19.4. The molecule has 2 aromatic rings. The number of aryl methyl sites for hydroxylation is 1. The summed E-state index contributed by atoms with van der Waals surface area (Å²) < 4.78 is 5.84. The van der Waals surface area contributed by atoms with E-state index in [4.69, 9.17) is 32.0 Å². The van der Waals surface area contributed by atoms with Crippen molar-refractivity contribution in [2.24, 2.45) is 11.1 Å². The minimum Gasteiger partial charge on any atom is -0.390 e. The van der Waals surface area contributed by atoms with Gasteiger partial charge >= 0.3 is 0 Å². The first kappa shape index (κ1) is 24.0. The number of aliphatic hydroxyl groups excluding tert-OH is 2. The first-order valence-electron chi connectivity index (χ1n) is 11.7. The van der Waals surface area contributed by atoms with Crippen LogP contribution in [0, 0.1) is 12.3 Å². The molecule has 5 heterocycles. The number of piperidine rings is 1. The Morgan fingerprint density at radius 3 is 2.59 bits per heavy atom. The number of hydrogen-bond donors (Lipinski definition) is 3. The molecule has 3 aliphatic heterocycles. The molecular weight excluding hydrogens is 476 g/mol. The minimum absolute atomic E-state index is 0.0237. The average Bonchev–Trinajstić information content (AvgIpc) is 3.08. The number of anilines is 2. The second-order valence-corrected chi connectivity index (χ2v) is 11.0. The third-order valence-corrected chi connectivity index (χ3v) is 8.96. The Hall–Kier alpha value is -1.69. The number of ether oxygens (including phenoxy) is 1. The van der Waals surface area contributed by atoms with E-state index < -0.39 is 0 Å². The molecule has 0 aromatic carbocycles. The minimum atomic E-state index is -0.341. The Bertz CT molecular complexity index is 1060. The van der Waals surface area contributed by atoms with Crippen molar-refractivity contribution < 1.29 is 14.9 Å². The molecule has 5 rings (SSSR count). The molecule has 0 amide bonds. The van der Waals surface area contributed by atoms with Crippen molar-refractivity contribution in [3.05, 3.63) is 28.7 Å². The lowest BCUT2D eigenvalue weighted by Crippen LogP contribution is -2.51. The average molecular weight is 507 g/mol. The Kier molecular flexibility index (Phi) is 6.64. The van der Waals surface area contributed by atoms with Gasteiger partial charge in [-0.3, -0.25) is 0 Å². The maximum Gasteiger partial charge on any atom is 0.153 e. The van der Waals surface area contributed by atoms with Gasteiger partial charge in [-0.25, -0.2) is 15.0 Å². The van der Waals surface area contributed by atoms with Crippen molar-refractivity contribution in [3.8, 4) is 0 Å². The molecule has 9 nitrogen and oxygen atoms in total. The summed E-state index contributed by atoms with van der Waals surface area (Å²) in [5.41, 5.74) is 7.82. The van der Waals surface area contributed by atoms with Crippen LogP contribution in [0.25, 0.3) is 0 Å². The highest BCUT2D eigenvalue weighted by molar-refractivity contribution is 7.99. The topological polar surface area (TPSA) is 121 Å². The van der Waals surface area contributed by atoms with E-state index in [2.05, 4.69) is 9.88 Å². The first-order chi connectivity index (χ1) is 16.3. The molecule has 3 fully saturated rings. The molecular formula is C23H31ClN6O3S.